The van der Waals surface area contributed by atoms with E-state index in [9.17, 15) is 0 Å². The molecule has 0 aliphatic carbocycles. The van der Waals surface area contributed by atoms with Crippen LogP contribution in [-0.4, -0.2) is 9.97 Å². The molecule has 0 spiro atoms. The third-order valence-corrected chi connectivity index (χ3v) is 2.77. The molecule has 0 radical (unpaired) electrons. The zero-order valence-corrected chi connectivity index (χ0v) is 10.6. The molecule has 2 aromatic rings. The van der Waals surface area contributed by atoms with Gasteiger partial charge in [-0.1, -0.05) is 18.2 Å². The van der Waals surface area contributed by atoms with E-state index in [-0.39, 0.29) is 0 Å². The minimum Gasteiger partial charge on any atom is -0.437 e. The van der Waals surface area contributed by atoms with E-state index in [2.05, 4.69) is 32.6 Å². The molecule has 16 heavy (non-hydrogen) atoms. The topological polar surface area (TPSA) is 61.0 Å². The molecule has 0 saturated carbocycles. The van der Waals surface area contributed by atoms with Crippen molar-refractivity contribution in [3.63, 3.8) is 0 Å². The highest BCUT2D eigenvalue weighted by Gasteiger charge is 2.06. The van der Waals surface area contributed by atoms with Crippen molar-refractivity contribution in [2.45, 2.75) is 6.54 Å². The van der Waals surface area contributed by atoms with Crippen LogP contribution in [-0.2, 0) is 6.54 Å². The Kier molecular flexibility index (Phi) is 3.68. The average Bonchev–Trinajstić information content (AvgIpc) is 2.33. The molecule has 2 N–H and O–H groups in total. The smallest absolute Gasteiger partial charge is 0.235 e. The first-order chi connectivity index (χ1) is 7.81. The molecule has 0 saturated heterocycles. The lowest BCUT2D eigenvalue weighted by molar-refractivity contribution is 0.452. The number of nitrogens with two attached hydrogens (primary N) is 1. The Morgan fingerprint density at radius 2 is 2.12 bits per heavy atom. The number of para-hydroxylation sites is 1. The lowest BCUT2D eigenvalue weighted by Crippen LogP contribution is -2.00. The van der Waals surface area contributed by atoms with Gasteiger partial charge in [-0.25, -0.2) is 9.97 Å². The highest BCUT2D eigenvalue weighted by atomic mass is 127. The van der Waals surface area contributed by atoms with Gasteiger partial charge >= 0.3 is 0 Å². The lowest BCUT2D eigenvalue weighted by Gasteiger charge is -2.09. The summed E-state index contributed by atoms with van der Waals surface area (Å²) >= 11 is 2.13. The summed E-state index contributed by atoms with van der Waals surface area (Å²) < 4.78 is 6.56. The van der Waals surface area contributed by atoms with Gasteiger partial charge in [0.1, 0.15) is 12.1 Å². The van der Waals surface area contributed by atoms with Crippen LogP contribution in [0.1, 0.15) is 5.56 Å². The van der Waals surface area contributed by atoms with Crippen LogP contribution in [0, 0.1) is 3.57 Å². The van der Waals surface area contributed by atoms with Crippen LogP contribution in [0.2, 0.25) is 0 Å². The van der Waals surface area contributed by atoms with Crippen molar-refractivity contribution in [1.82, 2.24) is 9.97 Å². The minimum absolute atomic E-state index is 0.442. The number of rotatable bonds is 3. The SMILES string of the molecule is NCc1ccccc1Oc1ncncc1I. The fourth-order valence-electron chi connectivity index (χ4n) is 1.25. The maximum atomic E-state index is 5.69. The fourth-order valence-corrected chi connectivity index (χ4v) is 1.66. The summed E-state index contributed by atoms with van der Waals surface area (Å²) in [7, 11) is 0. The first-order valence-electron chi connectivity index (χ1n) is 4.72. The van der Waals surface area contributed by atoms with E-state index < -0.39 is 0 Å². The number of hydrogen-bond acceptors (Lipinski definition) is 4. The van der Waals surface area contributed by atoms with E-state index in [1.165, 1.54) is 6.33 Å². The molecule has 0 aliphatic rings. The van der Waals surface area contributed by atoms with Gasteiger partial charge in [-0.05, 0) is 28.7 Å². The van der Waals surface area contributed by atoms with Gasteiger partial charge in [0, 0.05) is 18.3 Å². The van der Waals surface area contributed by atoms with Gasteiger partial charge in [-0.2, -0.15) is 0 Å². The lowest BCUT2D eigenvalue weighted by atomic mass is 10.2. The van der Waals surface area contributed by atoms with Gasteiger partial charge in [-0.15, -0.1) is 0 Å². The Bertz CT molecular complexity index is 490. The van der Waals surface area contributed by atoms with Crippen molar-refractivity contribution >= 4 is 22.6 Å². The molecular weight excluding hydrogens is 317 g/mol. The number of hydrogen-bond donors (Lipinski definition) is 1. The maximum Gasteiger partial charge on any atom is 0.235 e. The van der Waals surface area contributed by atoms with Crippen molar-refractivity contribution in [1.29, 1.82) is 0 Å². The predicted molar refractivity (Wildman–Crippen MR) is 69.2 cm³/mol. The van der Waals surface area contributed by atoms with E-state index >= 15 is 0 Å². The van der Waals surface area contributed by atoms with Crippen LogP contribution in [0.25, 0.3) is 0 Å². The average molecular weight is 327 g/mol. The van der Waals surface area contributed by atoms with Crippen LogP contribution in [0.15, 0.2) is 36.8 Å². The molecule has 0 bridgehead atoms. The molecule has 82 valence electrons. The van der Waals surface area contributed by atoms with Crippen molar-refractivity contribution in [2.24, 2.45) is 5.73 Å². The van der Waals surface area contributed by atoms with Crippen LogP contribution in [0.3, 0.4) is 0 Å². The first-order valence-corrected chi connectivity index (χ1v) is 5.80. The number of halogens is 1. The molecule has 1 aromatic carbocycles. The molecular formula is C11H10IN3O. The Labute approximate surface area is 107 Å². The summed E-state index contributed by atoms with van der Waals surface area (Å²) in [6, 6.07) is 7.65. The number of nitrogens with zero attached hydrogens (tertiary/aromatic N) is 2. The standard InChI is InChI=1S/C11H10IN3O/c12-9-6-14-7-15-11(9)16-10-4-2-1-3-8(10)5-13/h1-4,6-7H,5,13H2. The summed E-state index contributed by atoms with van der Waals surface area (Å²) in [4.78, 5) is 7.97. The van der Waals surface area contributed by atoms with Crippen LogP contribution < -0.4 is 10.5 Å². The molecule has 0 atom stereocenters. The fraction of sp³-hybridized carbons (Fsp3) is 0.0909. The quantitative estimate of drug-likeness (QED) is 0.879. The Balaban J connectivity index is 2.30. The number of aromatic nitrogens is 2. The predicted octanol–water partition coefficient (Wildman–Crippen LogP) is 2.33. The van der Waals surface area contributed by atoms with Gasteiger partial charge in [0.05, 0.1) is 3.57 Å². The Hall–Kier alpha value is -1.21. The third kappa shape index (κ3) is 2.48. The van der Waals surface area contributed by atoms with Gasteiger partial charge in [-0.3, -0.25) is 0 Å². The molecule has 0 amide bonds. The summed E-state index contributed by atoms with van der Waals surface area (Å²) in [6.07, 6.45) is 3.16. The van der Waals surface area contributed by atoms with Crippen molar-refractivity contribution in [3.8, 4) is 11.6 Å². The molecule has 1 heterocycles. The normalized spacial score (nSPS) is 10.1. The Morgan fingerprint density at radius 1 is 1.31 bits per heavy atom. The van der Waals surface area contributed by atoms with E-state index in [4.69, 9.17) is 10.5 Å². The molecule has 5 heteroatoms. The van der Waals surface area contributed by atoms with Crippen LogP contribution >= 0.6 is 22.6 Å². The van der Waals surface area contributed by atoms with Gasteiger partial charge < -0.3 is 10.5 Å². The first kappa shape index (κ1) is 11.3. The molecule has 2 rings (SSSR count). The third-order valence-electron chi connectivity index (χ3n) is 2.03. The van der Waals surface area contributed by atoms with Crippen molar-refractivity contribution in [3.05, 3.63) is 45.9 Å². The summed E-state index contributed by atoms with van der Waals surface area (Å²) in [5.41, 5.74) is 6.58. The van der Waals surface area contributed by atoms with Gasteiger partial charge in [0.2, 0.25) is 5.88 Å². The zero-order chi connectivity index (χ0) is 11.4. The van der Waals surface area contributed by atoms with Crippen molar-refractivity contribution in [2.75, 3.05) is 0 Å². The van der Waals surface area contributed by atoms with Gasteiger partial charge in [0.25, 0.3) is 0 Å². The highest BCUT2D eigenvalue weighted by molar-refractivity contribution is 14.1. The van der Waals surface area contributed by atoms with Crippen molar-refractivity contribution < 1.29 is 4.74 Å². The summed E-state index contributed by atoms with van der Waals surface area (Å²) in [5.74, 6) is 1.29. The van der Waals surface area contributed by atoms with Crippen LogP contribution in [0.4, 0.5) is 0 Å². The molecule has 1 aromatic heterocycles. The van der Waals surface area contributed by atoms with E-state index in [0.29, 0.717) is 12.4 Å². The molecule has 4 nitrogen and oxygen atoms in total. The van der Waals surface area contributed by atoms with Gasteiger partial charge in [0.15, 0.2) is 0 Å². The highest BCUT2D eigenvalue weighted by Crippen LogP contribution is 2.26. The van der Waals surface area contributed by atoms with Crippen LogP contribution in [0.5, 0.6) is 11.6 Å². The minimum atomic E-state index is 0.442. The number of ether oxygens (including phenoxy) is 1. The monoisotopic (exact) mass is 327 g/mol. The summed E-state index contributed by atoms with van der Waals surface area (Å²) in [5, 5.41) is 0. The molecule has 0 unspecified atom stereocenters. The second-order valence-corrected chi connectivity index (χ2v) is 4.25. The second kappa shape index (κ2) is 5.22. The largest absolute Gasteiger partial charge is 0.437 e. The summed E-state index contributed by atoms with van der Waals surface area (Å²) in [6.45, 7) is 0.442. The zero-order valence-electron chi connectivity index (χ0n) is 8.43. The molecule has 0 aliphatic heterocycles. The van der Waals surface area contributed by atoms with E-state index in [1.807, 2.05) is 24.3 Å². The molecule has 0 fully saturated rings. The second-order valence-electron chi connectivity index (χ2n) is 3.09. The number of benzene rings is 1. The van der Waals surface area contributed by atoms with E-state index in [1.54, 1.807) is 6.20 Å². The maximum absolute atomic E-state index is 5.69. The Morgan fingerprint density at radius 3 is 2.88 bits per heavy atom. The van der Waals surface area contributed by atoms with E-state index in [0.717, 1.165) is 14.9 Å².